The minimum atomic E-state index is -0.131. The lowest BCUT2D eigenvalue weighted by Crippen LogP contribution is -2.46. The number of anilines is 1. The van der Waals surface area contributed by atoms with Crippen molar-refractivity contribution in [2.45, 2.75) is 59.0 Å². The molecule has 2 atom stereocenters. The van der Waals surface area contributed by atoms with Crippen LogP contribution in [0.2, 0.25) is 0 Å². The summed E-state index contributed by atoms with van der Waals surface area (Å²) in [6.07, 6.45) is 8.05. The normalized spacial score (nSPS) is 21.0. The van der Waals surface area contributed by atoms with E-state index in [9.17, 15) is 9.59 Å². The number of nitrogens with one attached hydrogen (secondary N) is 3. The zero-order chi connectivity index (χ0) is 18.4. The Balaban J connectivity index is 1.83. The highest BCUT2D eigenvalue weighted by Crippen LogP contribution is 2.37. The van der Waals surface area contributed by atoms with Crippen molar-refractivity contribution in [2.75, 3.05) is 18.9 Å². The molecular formula is C18H31N5O2. The van der Waals surface area contributed by atoms with Crippen LogP contribution in [-0.4, -0.2) is 41.2 Å². The van der Waals surface area contributed by atoms with Crippen molar-refractivity contribution in [3.63, 3.8) is 0 Å². The summed E-state index contributed by atoms with van der Waals surface area (Å²) in [5.41, 5.74) is 0.849. The summed E-state index contributed by atoms with van der Waals surface area (Å²) in [6, 6.07) is 0.385. The summed E-state index contributed by atoms with van der Waals surface area (Å²) in [5, 5.41) is 12.9. The first-order valence-electron chi connectivity index (χ1n) is 9.06. The van der Waals surface area contributed by atoms with Gasteiger partial charge in [-0.15, -0.1) is 0 Å². The maximum absolute atomic E-state index is 12.2. The third-order valence-electron chi connectivity index (χ3n) is 4.90. The molecule has 1 saturated carbocycles. The van der Waals surface area contributed by atoms with Crippen LogP contribution in [0, 0.1) is 11.3 Å². The zero-order valence-corrected chi connectivity index (χ0v) is 15.8. The Morgan fingerprint density at radius 3 is 2.64 bits per heavy atom. The molecule has 0 unspecified atom stereocenters. The van der Waals surface area contributed by atoms with E-state index in [-0.39, 0.29) is 30.3 Å². The molecule has 0 aliphatic heterocycles. The Morgan fingerprint density at radius 1 is 1.24 bits per heavy atom. The topological polar surface area (TPSA) is 88.0 Å². The van der Waals surface area contributed by atoms with Crippen LogP contribution in [0.4, 0.5) is 5.69 Å². The van der Waals surface area contributed by atoms with Gasteiger partial charge in [-0.2, -0.15) is 5.10 Å². The van der Waals surface area contributed by atoms with Crippen LogP contribution in [0.25, 0.3) is 0 Å². The second-order valence-electron chi connectivity index (χ2n) is 7.89. The molecule has 2 rings (SSSR count). The fourth-order valence-electron chi connectivity index (χ4n) is 3.58. The molecule has 2 amide bonds. The van der Waals surface area contributed by atoms with E-state index in [0.717, 1.165) is 6.42 Å². The van der Waals surface area contributed by atoms with E-state index in [2.05, 4.69) is 41.8 Å². The molecule has 0 bridgehead atoms. The van der Waals surface area contributed by atoms with Crippen molar-refractivity contribution in [2.24, 2.45) is 11.3 Å². The summed E-state index contributed by atoms with van der Waals surface area (Å²) < 4.78 is 1.50. The summed E-state index contributed by atoms with van der Waals surface area (Å²) in [6.45, 7) is 7.26. The number of carbonyl (C=O) groups excluding carboxylic acids is 2. The molecule has 0 saturated heterocycles. The average molecular weight is 349 g/mol. The first-order chi connectivity index (χ1) is 11.8. The largest absolute Gasteiger partial charge is 0.358 e. The first-order valence-corrected chi connectivity index (χ1v) is 9.06. The van der Waals surface area contributed by atoms with Gasteiger partial charge in [0.15, 0.2) is 0 Å². The molecule has 1 aliphatic rings. The average Bonchev–Trinajstić information content (AvgIpc) is 2.99. The van der Waals surface area contributed by atoms with Gasteiger partial charge in [0.05, 0.1) is 18.4 Å². The van der Waals surface area contributed by atoms with Crippen LogP contribution < -0.4 is 16.0 Å². The highest BCUT2D eigenvalue weighted by molar-refractivity contribution is 5.92. The number of carbonyl (C=O) groups is 2. The third kappa shape index (κ3) is 5.85. The standard InChI is InChI=1S/C18H31N5O2/c1-18(2,3)14-7-5-6-8-15(14)20-10-16(24)22-13-9-21-23(11-13)12-17(25)19-4/h9,11,14-15,20H,5-8,10,12H2,1-4H3,(H,19,25)(H,22,24)/t14-,15-/m0/s1. The van der Waals surface area contributed by atoms with Crippen molar-refractivity contribution in [1.82, 2.24) is 20.4 Å². The van der Waals surface area contributed by atoms with E-state index >= 15 is 0 Å². The second kappa shape index (κ2) is 8.47. The maximum atomic E-state index is 12.2. The lowest BCUT2D eigenvalue weighted by atomic mass is 9.69. The van der Waals surface area contributed by atoms with Crippen molar-refractivity contribution < 1.29 is 9.59 Å². The summed E-state index contributed by atoms with van der Waals surface area (Å²) >= 11 is 0. The fourth-order valence-corrected chi connectivity index (χ4v) is 3.58. The van der Waals surface area contributed by atoms with Gasteiger partial charge < -0.3 is 16.0 Å². The van der Waals surface area contributed by atoms with Gasteiger partial charge in [-0.25, -0.2) is 0 Å². The monoisotopic (exact) mass is 349 g/mol. The molecule has 0 spiro atoms. The molecule has 7 heteroatoms. The zero-order valence-electron chi connectivity index (χ0n) is 15.8. The number of hydrogen-bond donors (Lipinski definition) is 3. The van der Waals surface area contributed by atoms with Crippen LogP contribution >= 0.6 is 0 Å². The third-order valence-corrected chi connectivity index (χ3v) is 4.90. The lowest BCUT2D eigenvalue weighted by molar-refractivity contribution is -0.121. The molecule has 1 aromatic rings. The Labute approximate surface area is 149 Å². The van der Waals surface area contributed by atoms with Gasteiger partial charge >= 0.3 is 0 Å². The van der Waals surface area contributed by atoms with Gasteiger partial charge in [-0.1, -0.05) is 33.6 Å². The van der Waals surface area contributed by atoms with Gasteiger partial charge in [0.2, 0.25) is 11.8 Å². The highest BCUT2D eigenvalue weighted by atomic mass is 16.2. The fraction of sp³-hybridized carbons (Fsp3) is 0.722. The number of nitrogens with zero attached hydrogens (tertiary/aromatic N) is 2. The Morgan fingerprint density at radius 2 is 1.96 bits per heavy atom. The van der Waals surface area contributed by atoms with E-state index in [4.69, 9.17) is 0 Å². The quantitative estimate of drug-likeness (QED) is 0.730. The number of rotatable bonds is 6. The predicted molar refractivity (Wildman–Crippen MR) is 98.1 cm³/mol. The number of aromatic nitrogens is 2. The molecule has 140 valence electrons. The minimum Gasteiger partial charge on any atom is -0.358 e. The lowest BCUT2D eigenvalue weighted by Gasteiger charge is -2.40. The molecule has 1 aromatic heterocycles. The van der Waals surface area contributed by atoms with Gasteiger partial charge in [0, 0.05) is 19.3 Å². The van der Waals surface area contributed by atoms with E-state index in [1.54, 1.807) is 19.4 Å². The van der Waals surface area contributed by atoms with Crippen molar-refractivity contribution in [1.29, 1.82) is 0 Å². The summed E-state index contributed by atoms with van der Waals surface area (Å²) in [4.78, 5) is 23.5. The van der Waals surface area contributed by atoms with Crippen molar-refractivity contribution >= 4 is 17.5 Å². The molecule has 1 heterocycles. The van der Waals surface area contributed by atoms with E-state index in [1.807, 2.05) is 0 Å². The molecule has 25 heavy (non-hydrogen) atoms. The smallest absolute Gasteiger partial charge is 0.241 e. The van der Waals surface area contributed by atoms with Gasteiger partial charge in [0.1, 0.15) is 6.54 Å². The molecular weight excluding hydrogens is 318 g/mol. The van der Waals surface area contributed by atoms with E-state index in [0.29, 0.717) is 17.6 Å². The first kappa shape index (κ1) is 19.4. The van der Waals surface area contributed by atoms with Crippen molar-refractivity contribution in [3.8, 4) is 0 Å². The Kier molecular flexibility index (Phi) is 6.58. The van der Waals surface area contributed by atoms with Crippen LogP contribution in [0.3, 0.4) is 0 Å². The van der Waals surface area contributed by atoms with Crippen LogP contribution in [0.1, 0.15) is 46.5 Å². The minimum absolute atomic E-state index is 0.0854. The maximum Gasteiger partial charge on any atom is 0.241 e. The molecule has 1 aliphatic carbocycles. The predicted octanol–water partition coefficient (Wildman–Crippen LogP) is 1.76. The number of likely N-dealkylation sites (N-methyl/N-ethyl adjacent to an activating group) is 1. The number of amides is 2. The van der Waals surface area contributed by atoms with Gasteiger partial charge in [-0.05, 0) is 24.2 Å². The molecule has 3 N–H and O–H groups in total. The SMILES string of the molecule is CNC(=O)Cn1cc(NC(=O)CN[C@H]2CCCC[C@@H]2C(C)(C)C)cn1. The molecule has 7 nitrogen and oxygen atoms in total. The van der Waals surface area contributed by atoms with Gasteiger partial charge in [0.25, 0.3) is 0 Å². The summed E-state index contributed by atoms with van der Waals surface area (Å²) in [5.74, 6) is 0.371. The Bertz CT molecular complexity index is 591. The second-order valence-corrected chi connectivity index (χ2v) is 7.89. The van der Waals surface area contributed by atoms with Crippen molar-refractivity contribution in [3.05, 3.63) is 12.4 Å². The van der Waals surface area contributed by atoms with Gasteiger partial charge in [-0.3, -0.25) is 14.3 Å². The van der Waals surface area contributed by atoms with Crippen LogP contribution in [0.15, 0.2) is 12.4 Å². The highest BCUT2D eigenvalue weighted by Gasteiger charge is 2.33. The number of hydrogen-bond acceptors (Lipinski definition) is 4. The summed E-state index contributed by atoms with van der Waals surface area (Å²) in [7, 11) is 1.58. The van der Waals surface area contributed by atoms with E-state index < -0.39 is 0 Å². The molecule has 1 fully saturated rings. The Hall–Kier alpha value is -1.89. The van der Waals surface area contributed by atoms with Crippen LogP contribution in [0.5, 0.6) is 0 Å². The molecule has 0 aromatic carbocycles. The van der Waals surface area contributed by atoms with E-state index in [1.165, 1.54) is 23.9 Å². The van der Waals surface area contributed by atoms with Crippen LogP contribution in [-0.2, 0) is 16.1 Å². The molecule has 0 radical (unpaired) electrons.